The van der Waals surface area contributed by atoms with Crippen molar-refractivity contribution in [2.45, 2.75) is 182 Å². The highest BCUT2D eigenvalue weighted by molar-refractivity contribution is 7.32. The number of rotatable bonds is 36. The predicted molar refractivity (Wildman–Crippen MR) is 337 cm³/mol. The number of hydrogen-bond donors (Lipinski definition) is 0. The minimum absolute atomic E-state index is 0.911. The molecule has 0 saturated carbocycles. The Morgan fingerprint density at radius 2 is 0.707 bits per heavy atom. The van der Waals surface area contributed by atoms with Crippen LogP contribution in [0.4, 0.5) is 11.4 Å². The number of anilines is 2. The van der Waals surface area contributed by atoms with E-state index in [0.29, 0.717) is 0 Å². The molecule has 11 heteroatoms. The summed E-state index contributed by atoms with van der Waals surface area (Å²) in [4.78, 5) is 10.1. The molecule has 8 aromatic rings. The molecule has 0 radical (unpaired) electrons. The third kappa shape index (κ3) is 15.0. The Morgan fingerprint density at radius 1 is 0.387 bits per heavy atom. The summed E-state index contributed by atoms with van der Waals surface area (Å²) in [6.45, 7) is 13.8. The Labute approximate surface area is 471 Å². The zero-order valence-corrected chi connectivity index (χ0v) is 50.5. The van der Waals surface area contributed by atoms with Gasteiger partial charge in [-0.15, -0.1) is 45.3 Å². The van der Waals surface area contributed by atoms with Gasteiger partial charge in [0.2, 0.25) is 0 Å². The minimum Gasteiger partial charge on any atom is -0.494 e. The van der Waals surface area contributed by atoms with E-state index in [1.807, 2.05) is 22.7 Å². The molecule has 0 fully saturated rings. The summed E-state index contributed by atoms with van der Waals surface area (Å²) in [5.41, 5.74) is 9.19. The van der Waals surface area contributed by atoms with E-state index >= 15 is 0 Å². The number of fused-ring (bicyclic) bond motifs is 3. The van der Waals surface area contributed by atoms with Crippen molar-refractivity contribution in [3.8, 4) is 53.3 Å². The zero-order valence-electron chi connectivity index (χ0n) is 46.4. The molecule has 8 rings (SSSR count). The normalized spacial score (nSPS) is 11.8. The number of nitrogens with zero attached hydrogens (tertiary/aromatic N) is 4. The Kier molecular flexibility index (Phi) is 23.0. The van der Waals surface area contributed by atoms with Gasteiger partial charge in [-0.1, -0.05) is 193 Å². The number of methoxy groups -OCH3 is 2. The second-order valence-electron chi connectivity index (χ2n) is 20.8. The van der Waals surface area contributed by atoms with Crippen molar-refractivity contribution in [3.05, 3.63) is 72.8 Å². The van der Waals surface area contributed by atoms with Crippen LogP contribution in [-0.4, -0.2) is 49.1 Å². The van der Waals surface area contributed by atoms with Crippen LogP contribution in [0.1, 0.15) is 182 Å². The average molecular weight is 1100 g/mol. The molecule has 3 aromatic carbocycles. The highest BCUT2D eigenvalue weighted by Crippen LogP contribution is 2.54. The lowest BCUT2D eigenvalue weighted by atomic mass is 10.1. The van der Waals surface area contributed by atoms with Gasteiger partial charge in [-0.05, 0) is 73.2 Å². The van der Waals surface area contributed by atoms with Crippen LogP contribution in [0.3, 0.4) is 0 Å². The zero-order chi connectivity index (χ0) is 52.2. The fraction of sp³-hybridized carbons (Fsp3) is 0.531. The first-order valence-corrected chi connectivity index (χ1v) is 33.2. The molecule has 0 atom stereocenters. The van der Waals surface area contributed by atoms with Crippen molar-refractivity contribution >= 4 is 98.3 Å². The molecule has 404 valence electrons. The maximum Gasteiger partial charge on any atom is 0.155 e. The summed E-state index contributed by atoms with van der Waals surface area (Å²) in [5, 5.41) is 0. The molecule has 0 saturated heterocycles. The molecule has 0 aliphatic heterocycles. The van der Waals surface area contributed by atoms with Crippen molar-refractivity contribution in [1.82, 2.24) is 8.75 Å². The van der Waals surface area contributed by atoms with Gasteiger partial charge in [-0.25, -0.2) is 0 Å². The number of benzene rings is 3. The summed E-state index contributed by atoms with van der Waals surface area (Å²) in [6.07, 6.45) is 31.9. The van der Waals surface area contributed by atoms with Crippen molar-refractivity contribution < 1.29 is 9.47 Å². The molecule has 6 nitrogen and oxygen atoms in total. The highest BCUT2D eigenvalue weighted by atomic mass is 32.1. The van der Waals surface area contributed by atoms with Gasteiger partial charge in [-0.2, -0.15) is 8.75 Å². The number of thiophene rings is 4. The molecule has 0 unspecified atom stereocenters. The van der Waals surface area contributed by atoms with Crippen LogP contribution >= 0.6 is 57.1 Å². The van der Waals surface area contributed by atoms with Gasteiger partial charge in [0.1, 0.15) is 11.0 Å². The van der Waals surface area contributed by atoms with Crippen molar-refractivity contribution in [2.24, 2.45) is 0 Å². The Bertz CT molecular complexity index is 2680. The summed E-state index contributed by atoms with van der Waals surface area (Å²) in [5.74, 6) is 1.85. The van der Waals surface area contributed by atoms with E-state index in [9.17, 15) is 0 Å². The lowest BCUT2D eigenvalue weighted by molar-refractivity contribution is 0.423. The van der Waals surface area contributed by atoms with Crippen molar-refractivity contribution in [2.75, 3.05) is 50.2 Å². The summed E-state index contributed by atoms with van der Waals surface area (Å²) >= 11 is 8.52. The Balaban J connectivity index is 0.973. The van der Waals surface area contributed by atoms with Gasteiger partial charge >= 0.3 is 0 Å². The predicted octanol–water partition coefficient (Wildman–Crippen LogP) is 22.0. The van der Waals surface area contributed by atoms with Gasteiger partial charge in [-0.3, -0.25) is 0 Å². The third-order valence-electron chi connectivity index (χ3n) is 15.1. The largest absolute Gasteiger partial charge is 0.494 e. The van der Waals surface area contributed by atoms with E-state index in [1.165, 1.54) is 217 Å². The van der Waals surface area contributed by atoms with Gasteiger partial charge in [0.05, 0.1) is 54.5 Å². The number of unbranched alkanes of at least 4 members (excludes halogenated alkanes) is 20. The molecule has 75 heavy (non-hydrogen) atoms. The minimum atomic E-state index is 0.911. The van der Waals surface area contributed by atoms with E-state index in [4.69, 9.17) is 18.2 Å². The molecular formula is C64H86N4O2S5. The highest BCUT2D eigenvalue weighted by Gasteiger charge is 2.26. The van der Waals surface area contributed by atoms with Crippen LogP contribution in [0.15, 0.2) is 72.8 Å². The lowest BCUT2D eigenvalue weighted by Gasteiger charge is -2.25. The summed E-state index contributed by atoms with van der Waals surface area (Å²) < 4.78 is 27.3. The molecule has 0 aliphatic carbocycles. The van der Waals surface area contributed by atoms with Gasteiger partial charge in [0.15, 0.2) is 11.5 Å². The first-order chi connectivity index (χ1) is 37.0. The summed E-state index contributed by atoms with van der Waals surface area (Å²) in [6, 6.07) is 27.9. The number of ether oxygens (including phenoxy) is 2. The number of aromatic nitrogens is 2. The first-order valence-electron chi connectivity index (χ1n) is 29.2. The molecule has 0 aliphatic rings. The third-order valence-corrected chi connectivity index (χ3v) is 20.6. The molecule has 0 amide bonds. The Morgan fingerprint density at radius 3 is 1.03 bits per heavy atom. The fourth-order valence-electron chi connectivity index (χ4n) is 10.7. The van der Waals surface area contributed by atoms with Gasteiger partial charge in [0, 0.05) is 58.4 Å². The molecule has 0 bridgehead atoms. The van der Waals surface area contributed by atoms with Gasteiger partial charge < -0.3 is 19.3 Å². The first kappa shape index (κ1) is 57.2. The van der Waals surface area contributed by atoms with Crippen LogP contribution in [0, 0.1) is 0 Å². The van der Waals surface area contributed by atoms with E-state index in [-0.39, 0.29) is 0 Å². The van der Waals surface area contributed by atoms with Gasteiger partial charge in [0.25, 0.3) is 0 Å². The standard InChI is InChI=1S/C64H86N4O2S5/c1-7-11-15-19-23-27-41-67(42-28-24-20-16-12-8-2)49-35-31-47(32-36-49)53-45-55-63(71-53)59(69-5)61(73-55)51-39-40-52(58-57(51)65-75-66-58)62-60(70-6)64-56(74-62)46-54(72-64)48-33-37-50(38-34-48)68(43-29-25-21-17-13-9-3)44-30-26-22-18-14-10-4/h31-40,45-46H,7-30,41-44H2,1-6H3. The van der Waals surface area contributed by atoms with Crippen LogP contribution in [-0.2, 0) is 0 Å². The molecule has 5 aromatic heterocycles. The second kappa shape index (κ2) is 30.2. The Hall–Kier alpha value is -4.00. The van der Waals surface area contributed by atoms with Crippen LogP contribution in [0.5, 0.6) is 11.5 Å². The van der Waals surface area contributed by atoms with Crippen molar-refractivity contribution in [1.29, 1.82) is 0 Å². The average Bonchev–Trinajstić information content (AvgIpc) is 4.29. The van der Waals surface area contributed by atoms with E-state index in [0.717, 1.165) is 69.6 Å². The molecule has 5 heterocycles. The topological polar surface area (TPSA) is 50.7 Å². The van der Waals surface area contributed by atoms with E-state index in [2.05, 4.69) is 110 Å². The smallest absolute Gasteiger partial charge is 0.155 e. The van der Waals surface area contributed by atoms with Crippen LogP contribution < -0.4 is 19.3 Å². The second-order valence-corrected chi connectivity index (χ2v) is 25.5. The molecular weight excluding hydrogens is 1020 g/mol. The molecule has 0 spiro atoms. The van der Waals surface area contributed by atoms with E-state index in [1.54, 1.807) is 36.9 Å². The quantitative estimate of drug-likeness (QED) is 0.0365. The SMILES string of the molecule is CCCCCCCCN(CCCCCCCC)c1ccc(-c2cc3sc(-c4ccc(-c5sc6cc(-c7ccc(N(CCCCCCCC)CCCCCCCC)cc7)sc6c5OC)c5nsnc45)c(OC)c3s2)cc1. The monoisotopic (exact) mass is 1100 g/mol. The maximum absolute atomic E-state index is 6.27. The van der Waals surface area contributed by atoms with Crippen LogP contribution in [0.2, 0.25) is 0 Å². The van der Waals surface area contributed by atoms with Crippen LogP contribution in [0.25, 0.3) is 71.6 Å². The maximum atomic E-state index is 6.27. The lowest BCUT2D eigenvalue weighted by Crippen LogP contribution is -2.25. The van der Waals surface area contributed by atoms with Crippen molar-refractivity contribution in [3.63, 3.8) is 0 Å². The van der Waals surface area contributed by atoms with E-state index < -0.39 is 0 Å². The molecule has 0 N–H and O–H groups in total. The number of hydrogen-bond acceptors (Lipinski definition) is 11. The summed E-state index contributed by atoms with van der Waals surface area (Å²) in [7, 11) is 3.61. The fourth-order valence-corrected chi connectivity index (χ4v) is 16.5.